The molecular formula is C11H23NO3. The summed E-state index contributed by atoms with van der Waals surface area (Å²) in [6, 6.07) is -0.262. The van der Waals surface area contributed by atoms with Gasteiger partial charge < -0.3 is 14.8 Å². The molecule has 1 N–H and O–H groups in total. The molecule has 0 aliphatic rings. The molecule has 4 heteroatoms. The number of hydrogen-bond acceptors (Lipinski definition) is 4. The highest BCUT2D eigenvalue weighted by Gasteiger charge is 2.19. The number of ether oxygens (including phenoxy) is 2. The minimum absolute atomic E-state index is 0.160. The molecule has 0 heterocycles. The molecule has 1 atom stereocenters. The lowest BCUT2D eigenvalue weighted by Gasteiger charge is -2.21. The molecule has 0 spiro atoms. The summed E-state index contributed by atoms with van der Waals surface area (Å²) in [5.74, 6) is -0.227. The van der Waals surface area contributed by atoms with Crippen molar-refractivity contribution < 1.29 is 14.3 Å². The summed E-state index contributed by atoms with van der Waals surface area (Å²) in [5, 5.41) is 3.07. The highest BCUT2D eigenvalue weighted by Crippen LogP contribution is 2.08. The Morgan fingerprint density at radius 1 is 1.40 bits per heavy atom. The van der Waals surface area contributed by atoms with E-state index in [2.05, 4.69) is 5.32 Å². The summed E-state index contributed by atoms with van der Waals surface area (Å²) in [4.78, 5) is 11.3. The second-order valence-corrected chi connectivity index (χ2v) is 4.38. The van der Waals surface area contributed by atoms with Crippen LogP contribution in [0, 0.1) is 0 Å². The van der Waals surface area contributed by atoms with Gasteiger partial charge in [-0.2, -0.15) is 0 Å². The number of likely N-dealkylation sites (N-methyl/N-ethyl adjacent to an activating group) is 1. The van der Waals surface area contributed by atoms with Gasteiger partial charge in [0, 0.05) is 6.61 Å². The van der Waals surface area contributed by atoms with E-state index >= 15 is 0 Å². The molecule has 0 rings (SSSR count). The van der Waals surface area contributed by atoms with Gasteiger partial charge in [0.15, 0.2) is 0 Å². The van der Waals surface area contributed by atoms with E-state index in [1.807, 2.05) is 27.7 Å². The fourth-order valence-corrected chi connectivity index (χ4v) is 1.17. The first-order chi connectivity index (χ1) is 6.90. The smallest absolute Gasteiger partial charge is 0.322 e. The van der Waals surface area contributed by atoms with Crippen LogP contribution in [-0.4, -0.2) is 37.9 Å². The van der Waals surface area contributed by atoms with Crippen LogP contribution in [0.25, 0.3) is 0 Å². The van der Waals surface area contributed by atoms with E-state index in [-0.39, 0.29) is 17.6 Å². The van der Waals surface area contributed by atoms with Gasteiger partial charge >= 0.3 is 5.97 Å². The largest absolute Gasteiger partial charge is 0.468 e. The highest BCUT2D eigenvalue weighted by atomic mass is 16.5. The Bertz CT molecular complexity index is 187. The summed E-state index contributed by atoms with van der Waals surface area (Å²) < 4.78 is 10.2. The lowest BCUT2D eigenvalue weighted by molar-refractivity contribution is -0.144. The molecule has 0 amide bonds. The molecule has 0 bridgehead atoms. The van der Waals surface area contributed by atoms with Crippen LogP contribution in [0.5, 0.6) is 0 Å². The molecule has 1 unspecified atom stereocenters. The average molecular weight is 217 g/mol. The Labute approximate surface area is 92.3 Å². The molecule has 15 heavy (non-hydrogen) atoms. The number of rotatable bonds is 6. The summed E-state index contributed by atoms with van der Waals surface area (Å²) in [6.45, 7) is 9.24. The zero-order valence-corrected chi connectivity index (χ0v) is 10.4. The zero-order chi connectivity index (χ0) is 11.9. The lowest BCUT2D eigenvalue weighted by atomic mass is 10.2. The van der Waals surface area contributed by atoms with Gasteiger partial charge in [0.2, 0.25) is 0 Å². The van der Waals surface area contributed by atoms with Crippen LogP contribution in [0.2, 0.25) is 0 Å². The van der Waals surface area contributed by atoms with E-state index in [1.54, 1.807) is 0 Å². The van der Waals surface area contributed by atoms with Crippen molar-refractivity contribution in [1.29, 1.82) is 0 Å². The normalized spacial score (nSPS) is 13.7. The van der Waals surface area contributed by atoms with Crippen LogP contribution in [0.3, 0.4) is 0 Å². The van der Waals surface area contributed by atoms with Crippen LogP contribution in [-0.2, 0) is 14.3 Å². The first kappa shape index (κ1) is 14.4. The SMILES string of the molecule is CCNC(CCOC(C)(C)C)C(=O)OC. The van der Waals surface area contributed by atoms with Crippen molar-refractivity contribution in [2.24, 2.45) is 0 Å². The van der Waals surface area contributed by atoms with E-state index < -0.39 is 0 Å². The Balaban J connectivity index is 3.91. The number of hydrogen-bond donors (Lipinski definition) is 1. The van der Waals surface area contributed by atoms with E-state index in [4.69, 9.17) is 9.47 Å². The van der Waals surface area contributed by atoms with Gasteiger partial charge in [0.05, 0.1) is 12.7 Å². The first-order valence-corrected chi connectivity index (χ1v) is 5.36. The summed E-state index contributed by atoms with van der Waals surface area (Å²) in [7, 11) is 1.40. The lowest BCUT2D eigenvalue weighted by Crippen LogP contribution is -2.39. The molecule has 0 aliphatic carbocycles. The summed E-state index contributed by atoms with van der Waals surface area (Å²) in [5.41, 5.74) is -0.160. The van der Waals surface area contributed by atoms with Crippen LogP contribution in [0.1, 0.15) is 34.1 Å². The standard InChI is InChI=1S/C11H23NO3/c1-6-12-9(10(13)14-5)7-8-15-11(2,3)4/h9,12H,6-8H2,1-5H3. The van der Waals surface area contributed by atoms with Crippen molar-refractivity contribution in [3.05, 3.63) is 0 Å². The number of carbonyl (C=O) groups excluding carboxylic acids is 1. The molecule has 0 radical (unpaired) electrons. The van der Waals surface area contributed by atoms with Gasteiger partial charge in [-0.25, -0.2) is 0 Å². The third-order valence-corrected chi connectivity index (χ3v) is 1.88. The maximum Gasteiger partial charge on any atom is 0.322 e. The zero-order valence-electron chi connectivity index (χ0n) is 10.4. The molecule has 0 aliphatic heterocycles. The third kappa shape index (κ3) is 7.33. The number of carbonyl (C=O) groups is 1. The fourth-order valence-electron chi connectivity index (χ4n) is 1.17. The second-order valence-electron chi connectivity index (χ2n) is 4.38. The molecule has 0 fully saturated rings. The van der Waals surface area contributed by atoms with Crippen LogP contribution in [0.4, 0.5) is 0 Å². The van der Waals surface area contributed by atoms with Gasteiger partial charge in [-0.3, -0.25) is 4.79 Å². The Hall–Kier alpha value is -0.610. The Morgan fingerprint density at radius 3 is 2.40 bits per heavy atom. The quantitative estimate of drug-likeness (QED) is 0.682. The summed E-state index contributed by atoms with van der Waals surface area (Å²) >= 11 is 0. The van der Waals surface area contributed by atoms with Gasteiger partial charge in [-0.15, -0.1) is 0 Å². The van der Waals surface area contributed by atoms with Gasteiger partial charge in [-0.1, -0.05) is 6.92 Å². The molecule has 0 aromatic carbocycles. The first-order valence-electron chi connectivity index (χ1n) is 5.36. The monoisotopic (exact) mass is 217 g/mol. The molecule has 0 aromatic heterocycles. The predicted octanol–water partition coefficient (Wildman–Crippen LogP) is 1.34. The molecule has 0 saturated carbocycles. The van der Waals surface area contributed by atoms with Crippen molar-refractivity contribution >= 4 is 5.97 Å². The number of nitrogens with one attached hydrogen (secondary N) is 1. The second kappa shape index (κ2) is 6.80. The van der Waals surface area contributed by atoms with E-state index in [9.17, 15) is 4.79 Å². The van der Waals surface area contributed by atoms with Gasteiger partial charge in [0.1, 0.15) is 6.04 Å². The predicted molar refractivity (Wildman–Crippen MR) is 59.8 cm³/mol. The maximum absolute atomic E-state index is 11.3. The van der Waals surface area contributed by atoms with Crippen molar-refractivity contribution in [3.8, 4) is 0 Å². The van der Waals surface area contributed by atoms with Crippen molar-refractivity contribution in [2.45, 2.75) is 45.8 Å². The highest BCUT2D eigenvalue weighted by molar-refractivity contribution is 5.75. The van der Waals surface area contributed by atoms with Crippen LogP contribution < -0.4 is 5.32 Å². The molecular weight excluding hydrogens is 194 g/mol. The molecule has 0 aromatic rings. The Morgan fingerprint density at radius 2 is 2.00 bits per heavy atom. The summed E-state index contributed by atoms with van der Waals surface area (Å²) in [6.07, 6.45) is 0.637. The van der Waals surface area contributed by atoms with Crippen molar-refractivity contribution in [3.63, 3.8) is 0 Å². The maximum atomic E-state index is 11.3. The number of methoxy groups -OCH3 is 1. The fraction of sp³-hybridized carbons (Fsp3) is 0.909. The minimum atomic E-state index is -0.262. The Kier molecular flexibility index (Phi) is 6.52. The van der Waals surface area contributed by atoms with Crippen molar-refractivity contribution in [2.75, 3.05) is 20.3 Å². The minimum Gasteiger partial charge on any atom is -0.468 e. The van der Waals surface area contributed by atoms with E-state index in [0.29, 0.717) is 13.0 Å². The molecule has 4 nitrogen and oxygen atoms in total. The van der Waals surface area contributed by atoms with E-state index in [0.717, 1.165) is 6.54 Å². The van der Waals surface area contributed by atoms with E-state index in [1.165, 1.54) is 7.11 Å². The van der Waals surface area contributed by atoms with Crippen LogP contribution >= 0.6 is 0 Å². The third-order valence-electron chi connectivity index (χ3n) is 1.88. The van der Waals surface area contributed by atoms with Gasteiger partial charge in [0.25, 0.3) is 0 Å². The number of esters is 1. The van der Waals surface area contributed by atoms with Crippen molar-refractivity contribution in [1.82, 2.24) is 5.32 Å². The molecule has 0 saturated heterocycles. The topological polar surface area (TPSA) is 47.6 Å². The van der Waals surface area contributed by atoms with Crippen LogP contribution in [0.15, 0.2) is 0 Å². The average Bonchev–Trinajstić information content (AvgIpc) is 2.13. The molecule has 90 valence electrons. The van der Waals surface area contributed by atoms with Gasteiger partial charge in [-0.05, 0) is 33.7 Å².